The van der Waals surface area contributed by atoms with Crippen LogP contribution in [0.3, 0.4) is 0 Å². The molecule has 7 heteroatoms. The number of piperazine rings is 1. The summed E-state index contributed by atoms with van der Waals surface area (Å²) in [7, 11) is -3.15. The molecule has 2 aliphatic rings. The van der Waals surface area contributed by atoms with Gasteiger partial charge in [-0.1, -0.05) is 6.92 Å². The van der Waals surface area contributed by atoms with Gasteiger partial charge in [0.15, 0.2) is 9.84 Å². The molecule has 1 N–H and O–H groups in total. The van der Waals surface area contributed by atoms with E-state index in [1.807, 2.05) is 6.92 Å². The minimum absolute atomic E-state index is 0.0328. The fourth-order valence-corrected chi connectivity index (χ4v) is 4.15. The molecule has 0 bridgehead atoms. The number of amides is 2. The lowest BCUT2D eigenvalue weighted by Crippen LogP contribution is -2.67. The van der Waals surface area contributed by atoms with Gasteiger partial charge in [0.2, 0.25) is 11.8 Å². The smallest absolute Gasteiger partial charge is 0.246 e. The summed E-state index contributed by atoms with van der Waals surface area (Å²) in [5, 5.41) is 2.62. The van der Waals surface area contributed by atoms with E-state index in [2.05, 4.69) is 5.32 Å². The van der Waals surface area contributed by atoms with Crippen molar-refractivity contribution in [3.8, 4) is 0 Å². The Morgan fingerprint density at radius 3 is 2.50 bits per heavy atom. The van der Waals surface area contributed by atoms with E-state index in [4.69, 9.17) is 0 Å². The van der Waals surface area contributed by atoms with E-state index >= 15 is 0 Å². The molecule has 0 aromatic rings. The molecule has 1 aliphatic heterocycles. The van der Waals surface area contributed by atoms with Gasteiger partial charge in [-0.25, -0.2) is 8.42 Å². The van der Waals surface area contributed by atoms with Crippen LogP contribution in [0.15, 0.2) is 0 Å². The Bertz CT molecular complexity index is 512. The number of carbonyl (C=O) groups excluding carboxylic acids is 2. The monoisotopic (exact) mass is 302 g/mol. The molecular weight excluding hydrogens is 280 g/mol. The summed E-state index contributed by atoms with van der Waals surface area (Å²) < 4.78 is 23.6. The molecule has 2 rings (SSSR count). The van der Waals surface area contributed by atoms with E-state index in [1.165, 1.54) is 4.90 Å². The molecule has 1 heterocycles. The molecule has 6 nitrogen and oxygen atoms in total. The second-order valence-corrected chi connectivity index (χ2v) is 8.11. The van der Waals surface area contributed by atoms with Crippen LogP contribution in [0.25, 0.3) is 0 Å². The van der Waals surface area contributed by atoms with Crippen molar-refractivity contribution in [3.63, 3.8) is 0 Å². The molecule has 0 radical (unpaired) electrons. The maximum atomic E-state index is 12.1. The summed E-state index contributed by atoms with van der Waals surface area (Å²) in [4.78, 5) is 25.7. The standard InChI is InChI=1S/C13H22N2O4S/c1-3-7-20(18,19)8-6-15-11(16)9-14-12(17)13(15,2)10-4-5-10/h10H,3-9H2,1-2H3,(H,14,17). The van der Waals surface area contributed by atoms with Crippen LogP contribution >= 0.6 is 0 Å². The lowest BCUT2D eigenvalue weighted by molar-refractivity contribution is -0.153. The highest BCUT2D eigenvalue weighted by Crippen LogP contribution is 2.44. The number of hydrogen-bond acceptors (Lipinski definition) is 4. The Kier molecular flexibility index (Phi) is 4.09. The van der Waals surface area contributed by atoms with Crippen LogP contribution < -0.4 is 5.32 Å². The second-order valence-electron chi connectivity index (χ2n) is 5.80. The fraction of sp³-hybridized carbons (Fsp3) is 0.846. The first kappa shape index (κ1) is 15.3. The molecule has 20 heavy (non-hydrogen) atoms. The molecule has 1 atom stereocenters. The Hall–Kier alpha value is -1.11. The summed E-state index contributed by atoms with van der Waals surface area (Å²) in [5.41, 5.74) is -0.878. The summed E-state index contributed by atoms with van der Waals surface area (Å²) in [6.07, 6.45) is 2.39. The first-order valence-corrected chi connectivity index (χ1v) is 8.92. The average molecular weight is 302 g/mol. The Morgan fingerprint density at radius 1 is 1.30 bits per heavy atom. The molecule has 1 unspecified atom stereocenters. The van der Waals surface area contributed by atoms with Crippen LogP contribution in [0, 0.1) is 5.92 Å². The van der Waals surface area contributed by atoms with Crippen LogP contribution in [0.2, 0.25) is 0 Å². The third-order valence-electron chi connectivity index (χ3n) is 4.23. The van der Waals surface area contributed by atoms with Crippen molar-refractivity contribution in [3.05, 3.63) is 0 Å². The van der Waals surface area contributed by atoms with Crippen molar-refractivity contribution in [1.82, 2.24) is 10.2 Å². The van der Waals surface area contributed by atoms with E-state index in [-0.39, 0.29) is 42.3 Å². The number of rotatable bonds is 6. The topological polar surface area (TPSA) is 83.6 Å². The number of carbonyl (C=O) groups is 2. The summed E-state index contributed by atoms with van der Waals surface area (Å²) in [6.45, 7) is 3.64. The van der Waals surface area contributed by atoms with Gasteiger partial charge in [-0.05, 0) is 32.1 Å². The lowest BCUT2D eigenvalue weighted by Gasteiger charge is -2.43. The molecule has 1 saturated carbocycles. The van der Waals surface area contributed by atoms with Crippen molar-refractivity contribution in [2.75, 3.05) is 24.6 Å². The van der Waals surface area contributed by atoms with E-state index < -0.39 is 15.4 Å². The van der Waals surface area contributed by atoms with Gasteiger partial charge in [-0.3, -0.25) is 9.59 Å². The molecule has 1 saturated heterocycles. The van der Waals surface area contributed by atoms with Crippen LogP contribution in [0.4, 0.5) is 0 Å². The van der Waals surface area contributed by atoms with E-state index in [1.54, 1.807) is 6.92 Å². The van der Waals surface area contributed by atoms with Gasteiger partial charge in [-0.2, -0.15) is 0 Å². The molecule has 0 spiro atoms. The minimum Gasteiger partial charge on any atom is -0.345 e. The number of nitrogens with zero attached hydrogens (tertiary/aromatic N) is 1. The zero-order valence-electron chi connectivity index (χ0n) is 12.0. The largest absolute Gasteiger partial charge is 0.345 e. The van der Waals surface area contributed by atoms with Gasteiger partial charge in [0.25, 0.3) is 0 Å². The molecule has 0 aromatic carbocycles. The summed E-state index contributed by atoms with van der Waals surface area (Å²) in [5.74, 6) is -0.136. The maximum Gasteiger partial charge on any atom is 0.246 e. The van der Waals surface area contributed by atoms with Crippen LogP contribution in [-0.4, -0.2) is 55.3 Å². The number of hydrogen-bond donors (Lipinski definition) is 1. The third kappa shape index (κ3) is 2.82. The van der Waals surface area contributed by atoms with Crippen molar-refractivity contribution >= 4 is 21.7 Å². The van der Waals surface area contributed by atoms with Gasteiger partial charge >= 0.3 is 0 Å². The van der Waals surface area contributed by atoms with Gasteiger partial charge < -0.3 is 10.2 Å². The van der Waals surface area contributed by atoms with Gasteiger partial charge in [0.05, 0.1) is 12.3 Å². The average Bonchev–Trinajstić information content (AvgIpc) is 3.18. The molecule has 1 aliphatic carbocycles. The Labute approximate surface area is 119 Å². The first-order chi connectivity index (χ1) is 9.31. The predicted molar refractivity (Wildman–Crippen MR) is 74.8 cm³/mol. The zero-order chi connectivity index (χ0) is 15.0. The Balaban J connectivity index is 2.14. The molecule has 2 fully saturated rings. The second kappa shape index (κ2) is 5.35. The third-order valence-corrected chi connectivity index (χ3v) is 6.07. The Morgan fingerprint density at radius 2 is 1.95 bits per heavy atom. The normalized spacial score (nSPS) is 27.6. The van der Waals surface area contributed by atoms with Crippen molar-refractivity contribution in [1.29, 1.82) is 0 Å². The highest BCUT2D eigenvalue weighted by molar-refractivity contribution is 7.91. The fourth-order valence-electron chi connectivity index (χ4n) is 2.86. The molecular formula is C13H22N2O4S. The van der Waals surface area contributed by atoms with E-state index in [9.17, 15) is 18.0 Å². The highest BCUT2D eigenvalue weighted by atomic mass is 32.2. The lowest BCUT2D eigenvalue weighted by atomic mass is 9.90. The van der Waals surface area contributed by atoms with Crippen molar-refractivity contribution < 1.29 is 18.0 Å². The van der Waals surface area contributed by atoms with Gasteiger partial charge in [0, 0.05) is 12.3 Å². The first-order valence-electron chi connectivity index (χ1n) is 7.10. The SMILES string of the molecule is CCCS(=O)(=O)CCN1C(=O)CNC(=O)C1(C)C1CC1. The number of sulfone groups is 1. The molecule has 114 valence electrons. The van der Waals surface area contributed by atoms with Crippen LogP contribution in [0.1, 0.15) is 33.1 Å². The van der Waals surface area contributed by atoms with E-state index in [0.29, 0.717) is 6.42 Å². The maximum absolute atomic E-state index is 12.1. The van der Waals surface area contributed by atoms with Crippen molar-refractivity contribution in [2.24, 2.45) is 5.92 Å². The van der Waals surface area contributed by atoms with Gasteiger partial charge in [0.1, 0.15) is 5.54 Å². The minimum atomic E-state index is -3.15. The van der Waals surface area contributed by atoms with Crippen LogP contribution in [-0.2, 0) is 19.4 Å². The highest BCUT2D eigenvalue weighted by Gasteiger charge is 2.54. The molecule has 2 amide bonds. The summed E-state index contributed by atoms with van der Waals surface area (Å²) >= 11 is 0. The van der Waals surface area contributed by atoms with Crippen molar-refractivity contribution in [2.45, 2.75) is 38.6 Å². The zero-order valence-corrected chi connectivity index (χ0v) is 12.8. The van der Waals surface area contributed by atoms with Crippen LogP contribution in [0.5, 0.6) is 0 Å². The molecule has 0 aromatic heterocycles. The predicted octanol–water partition coefficient (Wildman–Crippen LogP) is -0.0617. The number of nitrogens with one attached hydrogen (secondary N) is 1. The van der Waals surface area contributed by atoms with E-state index in [0.717, 1.165) is 12.8 Å². The summed E-state index contributed by atoms with van der Waals surface area (Å²) in [6, 6.07) is 0. The van der Waals surface area contributed by atoms with Gasteiger partial charge in [-0.15, -0.1) is 0 Å². The quantitative estimate of drug-likeness (QED) is 0.745.